The fourth-order valence-corrected chi connectivity index (χ4v) is 2.48. The summed E-state index contributed by atoms with van der Waals surface area (Å²) in [6, 6.07) is 16.1. The van der Waals surface area contributed by atoms with Crippen LogP contribution in [0.15, 0.2) is 54.7 Å². The third-order valence-electron chi connectivity index (χ3n) is 3.58. The van der Waals surface area contributed by atoms with Crippen molar-refractivity contribution in [1.82, 2.24) is 15.0 Å². The first-order valence-electron chi connectivity index (χ1n) is 8.01. The van der Waals surface area contributed by atoms with E-state index in [0.717, 1.165) is 11.4 Å². The molecule has 122 valence electrons. The highest BCUT2D eigenvalue weighted by atomic mass is 15.1. The number of benzene rings is 1. The lowest BCUT2D eigenvalue weighted by Crippen LogP contribution is -2.16. The average molecular weight is 319 g/mol. The minimum Gasteiger partial charge on any atom is -0.383 e. The summed E-state index contributed by atoms with van der Waals surface area (Å²) in [5.41, 5.74) is 9.06. The fraction of sp³-hybridized carbons (Fsp3) is 0.211. The van der Waals surface area contributed by atoms with E-state index >= 15 is 0 Å². The van der Waals surface area contributed by atoms with E-state index in [0.29, 0.717) is 23.8 Å². The van der Waals surface area contributed by atoms with Gasteiger partial charge in [-0.15, -0.1) is 0 Å². The molecule has 0 saturated carbocycles. The monoisotopic (exact) mass is 319 g/mol. The quantitative estimate of drug-likeness (QED) is 0.752. The molecule has 0 radical (unpaired) electrons. The van der Waals surface area contributed by atoms with Crippen molar-refractivity contribution in [3.8, 4) is 11.5 Å². The molecule has 0 aliphatic heterocycles. The van der Waals surface area contributed by atoms with Crippen LogP contribution in [0.2, 0.25) is 0 Å². The van der Waals surface area contributed by atoms with Crippen LogP contribution >= 0.6 is 0 Å². The molecule has 3 N–H and O–H groups in total. The number of rotatable bonds is 5. The number of nitrogens with two attached hydrogens (primary N) is 1. The van der Waals surface area contributed by atoms with Crippen LogP contribution in [0.1, 0.15) is 25.0 Å². The molecule has 0 atom stereocenters. The SMILES string of the molecule is CC(C)Nc1nc(-c2ccccn2)nc(N)c1Cc1ccccc1. The van der Waals surface area contributed by atoms with E-state index in [1.54, 1.807) is 6.20 Å². The lowest BCUT2D eigenvalue weighted by Gasteiger charge is -2.16. The van der Waals surface area contributed by atoms with Crippen molar-refractivity contribution in [2.24, 2.45) is 0 Å². The van der Waals surface area contributed by atoms with E-state index in [4.69, 9.17) is 5.73 Å². The average Bonchev–Trinajstić information content (AvgIpc) is 2.59. The van der Waals surface area contributed by atoms with E-state index in [1.165, 1.54) is 5.56 Å². The van der Waals surface area contributed by atoms with Crippen molar-refractivity contribution in [2.45, 2.75) is 26.3 Å². The minimum atomic E-state index is 0.241. The smallest absolute Gasteiger partial charge is 0.182 e. The highest BCUT2D eigenvalue weighted by Crippen LogP contribution is 2.26. The van der Waals surface area contributed by atoms with Gasteiger partial charge in [0.05, 0.1) is 0 Å². The maximum atomic E-state index is 6.26. The molecule has 3 rings (SSSR count). The standard InChI is InChI=1S/C19H21N5/c1-13(2)22-18-15(12-14-8-4-3-5-9-14)17(20)23-19(24-18)16-10-6-7-11-21-16/h3-11,13H,12H2,1-2H3,(H3,20,22,23,24). The second-order valence-electron chi connectivity index (χ2n) is 5.94. The van der Waals surface area contributed by atoms with Crippen LogP contribution in [0.5, 0.6) is 0 Å². The number of hydrogen-bond donors (Lipinski definition) is 2. The second-order valence-corrected chi connectivity index (χ2v) is 5.94. The highest BCUT2D eigenvalue weighted by molar-refractivity contribution is 5.63. The first-order valence-corrected chi connectivity index (χ1v) is 8.01. The van der Waals surface area contributed by atoms with E-state index in [-0.39, 0.29) is 6.04 Å². The Labute approximate surface area is 142 Å². The maximum Gasteiger partial charge on any atom is 0.182 e. The summed E-state index contributed by atoms with van der Waals surface area (Å²) in [6.45, 7) is 4.15. The molecule has 0 aliphatic carbocycles. The third-order valence-corrected chi connectivity index (χ3v) is 3.58. The van der Waals surface area contributed by atoms with Crippen LogP contribution in [0.3, 0.4) is 0 Å². The van der Waals surface area contributed by atoms with Crippen LogP contribution in [-0.2, 0) is 6.42 Å². The maximum absolute atomic E-state index is 6.26. The second kappa shape index (κ2) is 7.08. The molecule has 0 unspecified atom stereocenters. The van der Waals surface area contributed by atoms with Crippen LogP contribution in [0, 0.1) is 0 Å². The first kappa shape index (κ1) is 15.9. The Morgan fingerprint density at radius 2 is 1.75 bits per heavy atom. The summed E-state index contributed by atoms with van der Waals surface area (Å²) in [4.78, 5) is 13.5. The molecule has 0 aliphatic rings. The fourth-order valence-electron chi connectivity index (χ4n) is 2.48. The first-order chi connectivity index (χ1) is 11.6. The van der Waals surface area contributed by atoms with Crippen molar-refractivity contribution in [3.63, 3.8) is 0 Å². The van der Waals surface area contributed by atoms with Crippen LogP contribution in [-0.4, -0.2) is 21.0 Å². The molecule has 3 aromatic rings. The molecule has 0 bridgehead atoms. The Morgan fingerprint density at radius 3 is 2.42 bits per heavy atom. The molecule has 0 saturated heterocycles. The lowest BCUT2D eigenvalue weighted by atomic mass is 10.1. The van der Waals surface area contributed by atoms with Gasteiger partial charge in [-0.05, 0) is 31.5 Å². The Hall–Kier alpha value is -2.95. The van der Waals surface area contributed by atoms with Crippen molar-refractivity contribution in [3.05, 3.63) is 65.9 Å². The van der Waals surface area contributed by atoms with E-state index in [1.807, 2.05) is 36.4 Å². The molecule has 1 aromatic carbocycles. The van der Waals surface area contributed by atoms with Gasteiger partial charge in [-0.25, -0.2) is 9.97 Å². The molecule has 0 fully saturated rings. The van der Waals surface area contributed by atoms with Gasteiger partial charge in [0.15, 0.2) is 5.82 Å². The van der Waals surface area contributed by atoms with Crippen molar-refractivity contribution in [2.75, 3.05) is 11.1 Å². The molecule has 0 amide bonds. The summed E-state index contributed by atoms with van der Waals surface area (Å²) in [7, 11) is 0. The van der Waals surface area contributed by atoms with E-state index in [2.05, 4.69) is 46.2 Å². The zero-order valence-electron chi connectivity index (χ0n) is 13.9. The number of nitrogens with one attached hydrogen (secondary N) is 1. The van der Waals surface area contributed by atoms with Gasteiger partial charge in [-0.3, -0.25) is 4.98 Å². The van der Waals surface area contributed by atoms with Gasteiger partial charge in [0.25, 0.3) is 0 Å². The van der Waals surface area contributed by atoms with Crippen molar-refractivity contribution >= 4 is 11.6 Å². The largest absolute Gasteiger partial charge is 0.383 e. The van der Waals surface area contributed by atoms with Crippen molar-refractivity contribution in [1.29, 1.82) is 0 Å². The van der Waals surface area contributed by atoms with Crippen LogP contribution in [0.25, 0.3) is 11.5 Å². The summed E-state index contributed by atoms with van der Waals surface area (Å²) < 4.78 is 0. The highest BCUT2D eigenvalue weighted by Gasteiger charge is 2.15. The molecule has 2 aromatic heterocycles. The summed E-state index contributed by atoms with van der Waals surface area (Å²) in [6.07, 6.45) is 2.41. The van der Waals surface area contributed by atoms with Gasteiger partial charge < -0.3 is 11.1 Å². The molecule has 5 heteroatoms. The van der Waals surface area contributed by atoms with Gasteiger partial charge in [0, 0.05) is 24.2 Å². The molecular formula is C19H21N5. The van der Waals surface area contributed by atoms with E-state index < -0.39 is 0 Å². The summed E-state index contributed by atoms with van der Waals surface area (Å²) in [5, 5.41) is 3.39. The number of pyridine rings is 1. The Morgan fingerprint density at radius 1 is 1.00 bits per heavy atom. The number of nitrogen functional groups attached to an aromatic ring is 1. The van der Waals surface area contributed by atoms with Gasteiger partial charge in [-0.2, -0.15) is 0 Å². The molecule has 0 spiro atoms. The summed E-state index contributed by atoms with van der Waals surface area (Å²) in [5.74, 6) is 1.78. The predicted octanol–water partition coefficient (Wildman–Crippen LogP) is 3.53. The van der Waals surface area contributed by atoms with Gasteiger partial charge in [-0.1, -0.05) is 36.4 Å². The lowest BCUT2D eigenvalue weighted by molar-refractivity contribution is 0.879. The number of nitrogens with zero attached hydrogens (tertiary/aromatic N) is 3. The Kier molecular flexibility index (Phi) is 4.70. The molecular weight excluding hydrogens is 298 g/mol. The van der Waals surface area contributed by atoms with E-state index in [9.17, 15) is 0 Å². The van der Waals surface area contributed by atoms with Gasteiger partial charge >= 0.3 is 0 Å². The number of anilines is 2. The zero-order chi connectivity index (χ0) is 16.9. The number of hydrogen-bond acceptors (Lipinski definition) is 5. The molecule has 24 heavy (non-hydrogen) atoms. The minimum absolute atomic E-state index is 0.241. The number of aromatic nitrogens is 3. The molecule has 5 nitrogen and oxygen atoms in total. The Balaban J connectivity index is 2.04. The van der Waals surface area contributed by atoms with Crippen LogP contribution in [0.4, 0.5) is 11.6 Å². The summed E-state index contributed by atoms with van der Waals surface area (Å²) >= 11 is 0. The molecule has 2 heterocycles. The normalized spacial score (nSPS) is 10.8. The Bertz CT molecular complexity index is 801. The van der Waals surface area contributed by atoms with Gasteiger partial charge in [0.1, 0.15) is 17.3 Å². The topological polar surface area (TPSA) is 76.7 Å². The van der Waals surface area contributed by atoms with Gasteiger partial charge in [0.2, 0.25) is 0 Å². The zero-order valence-corrected chi connectivity index (χ0v) is 13.9. The third kappa shape index (κ3) is 3.68. The van der Waals surface area contributed by atoms with Crippen LogP contribution < -0.4 is 11.1 Å². The van der Waals surface area contributed by atoms with Crippen molar-refractivity contribution < 1.29 is 0 Å². The predicted molar refractivity (Wildman–Crippen MR) is 97.7 cm³/mol.